The molecule has 0 aromatic heterocycles. The van der Waals surface area contributed by atoms with Crippen LogP contribution in [0.4, 0.5) is 0 Å². The van der Waals surface area contributed by atoms with Gasteiger partial charge in [0.1, 0.15) is 5.88 Å². The van der Waals surface area contributed by atoms with Gasteiger partial charge in [0.25, 0.3) is 0 Å². The van der Waals surface area contributed by atoms with Crippen LogP contribution in [0.2, 0.25) is 0 Å². The van der Waals surface area contributed by atoms with Gasteiger partial charge in [-0.05, 0) is 25.7 Å². The molecule has 0 aromatic rings. The highest BCUT2D eigenvalue weighted by Crippen LogP contribution is 2.24. The quantitative estimate of drug-likeness (QED) is 0.702. The Labute approximate surface area is 142 Å². The van der Waals surface area contributed by atoms with Crippen molar-refractivity contribution in [3.63, 3.8) is 0 Å². The Morgan fingerprint density at radius 2 is 1.78 bits per heavy atom. The Balaban J connectivity index is 1.57. The second kappa shape index (κ2) is 7.81. The first-order valence-corrected chi connectivity index (χ1v) is 9.20. The number of amides is 2. The monoisotopic (exact) mass is 343 g/mol. The third-order valence-electron chi connectivity index (χ3n) is 5.30. The number of alkyl halides is 1. The summed E-state index contributed by atoms with van der Waals surface area (Å²) in [7, 11) is 0. The van der Waals surface area contributed by atoms with Crippen molar-refractivity contribution in [1.29, 1.82) is 0 Å². The van der Waals surface area contributed by atoms with Crippen LogP contribution in [0.5, 0.6) is 0 Å². The average molecular weight is 344 g/mol. The van der Waals surface area contributed by atoms with E-state index >= 15 is 0 Å². The summed E-state index contributed by atoms with van der Waals surface area (Å²) in [4.78, 5) is 30.7. The van der Waals surface area contributed by atoms with Gasteiger partial charge in [-0.15, -0.1) is 11.6 Å². The highest BCUT2D eigenvalue weighted by Gasteiger charge is 2.38. The van der Waals surface area contributed by atoms with Crippen LogP contribution < -0.4 is 0 Å². The summed E-state index contributed by atoms with van der Waals surface area (Å²) in [5.74, 6) is 0.310. The third kappa shape index (κ3) is 3.80. The topological polar surface area (TPSA) is 53.1 Å². The van der Waals surface area contributed by atoms with E-state index in [1.165, 1.54) is 0 Å². The number of hydrogen-bond donors (Lipinski definition) is 0. The number of likely N-dealkylation sites (tertiary alicyclic amines) is 1. The van der Waals surface area contributed by atoms with Crippen LogP contribution in [0, 0.1) is 0 Å². The van der Waals surface area contributed by atoms with Crippen LogP contribution in [0.1, 0.15) is 25.7 Å². The van der Waals surface area contributed by atoms with Crippen LogP contribution >= 0.6 is 11.6 Å². The molecule has 3 aliphatic heterocycles. The molecule has 3 rings (SSSR count). The summed E-state index contributed by atoms with van der Waals surface area (Å²) < 4.78 is 5.42. The first kappa shape index (κ1) is 17.0. The number of carbonyl (C=O) groups is 2. The Morgan fingerprint density at radius 3 is 2.43 bits per heavy atom. The summed E-state index contributed by atoms with van der Waals surface area (Å²) in [5.41, 5.74) is 0. The van der Waals surface area contributed by atoms with Crippen molar-refractivity contribution in [3.05, 3.63) is 0 Å². The number of rotatable bonds is 3. The zero-order chi connectivity index (χ0) is 16.2. The second-order valence-corrected chi connectivity index (χ2v) is 6.85. The van der Waals surface area contributed by atoms with E-state index < -0.39 is 0 Å². The number of halogens is 1. The van der Waals surface area contributed by atoms with Gasteiger partial charge in [-0.25, -0.2) is 0 Å². The fourth-order valence-electron chi connectivity index (χ4n) is 3.95. The Bertz CT molecular complexity index is 434. The van der Waals surface area contributed by atoms with Crippen LogP contribution in [-0.2, 0) is 14.3 Å². The number of hydrogen-bond acceptors (Lipinski definition) is 4. The first-order valence-electron chi connectivity index (χ1n) is 8.66. The molecule has 1 atom stereocenters. The van der Waals surface area contributed by atoms with E-state index in [0.29, 0.717) is 19.1 Å². The van der Waals surface area contributed by atoms with Crippen molar-refractivity contribution >= 4 is 23.4 Å². The Hall–Kier alpha value is -0.850. The van der Waals surface area contributed by atoms with E-state index in [1.807, 2.05) is 0 Å². The minimum absolute atomic E-state index is 0.00915. The molecule has 0 saturated carbocycles. The highest BCUT2D eigenvalue weighted by molar-refractivity contribution is 6.27. The minimum Gasteiger partial charge on any atom is -0.381 e. The SMILES string of the molecule is O=C(CCl)N1CCN(C2CCCN(C3CCOCC3)C2=O)CC1. The molecule has 0 N–H and O–H groups in total. The molecule has 0 radical (unpaired) electrons. The predicted octanol–water partition coefficient (Wildman–Crippen LogP) is 0.539. The fourth-order valence-corrected chi connectivity index (χ4v) is 4.11. The molecule has 1 unspecified atom stereocenters. The molecule has 0 aliphatic carbocycles. The molecule has 3 aliphatic rings. The molecule has 23 heavy (non-hydrogen) atoms. The number of carbonyl (C=O) groups excluding carboxylic acids is 2. The third-order valence-corrected chi connectivity index (χ3v) is 5.53. The molecular weight excluding hydrogens is 318 g/mol. The van der Waals surface area contributed by atoms with E-state index in [-0.39, 0.29) is 23.7 Å². The molecule has 2 amide bonds. The maximum atomic E-state index is 12.9. The molecular formula is C16H26ClN3O3. The Morgan fingerprint density at radius 1 is 1.09 bits per heavy atom. The zero-order valence-corrected chi connectivity index (χ0v) is 14.3. The molecule has 0 aromatic carbocycles. The molecule has 7 heteroatoms. The minimum atomic E-state index is -0.0140. The maximum Gasteiger partial charge on any atom is 0.240 e. The number of piperidine rings is 1. The molecule has 0 spiro atoms. The van der Waals surface area contributed by atoms with Gasteiger partial charge < -0.3 is 14.5 Å². The molecule has 130 valence electrons. The van der Waals surface area contributed by atoms with Crippen molar-refractivity contribution in [3.8, 4) is 0 Å². The molecule has 6 nitrogen and oxygen atoms in total. The van der Waals surface area contributed by atoms with Crippen molar-refractivity contribution in [2.45, 2.75) is 37.8 Å². The second-order valence-electron chi connectivity index (χ2n) is 6.58. The van der Waals surface area contributed by atoms with Gasteiger partial charge in [0.15, 0.2) is 0 Å². The van der Waals surface area contributed by atoms with E-state index in [1.54, 1.807) is 4.90 Å². The average Bonchev–Trinajstić information content (AvgIpc) is 2.62. The summed E-state index contributed by atoms with van der Waals surface area (Å²) in [6, 6.07) is 0.331. The lowest BCUT2D eigenvalue weighted by Gasteiger charge is -2.45. The lowest BCUT2D eigenvalue weighted by Crippen LogP contribution is -2.60. The Kier molecular flexibility index (Phi) is 5.77. The van der Waals surface area contributed by atoms with E-state index in [0.717, 1.165) is 58.5 Å². The van der Waals surface area contributed by atoms with Crippen molar-refractivity contribution < 1.29 is 14.3 Å². The lowest BCUT2D eigenvalue weighted by atomic mass is 9.97. The standard InChI is InChI=1S/C16H26ClN3O3/c17-12-15(21)19-8-6-18(7-9-19)14-2-1-5-20(16(14)22)13-3-10-23-11-4-13/h13-14H,1-12H2. The van der Waals surface area contributed by atoms with Gasteiger partial charge in [0.2, 0.25) is 11.8 Å². The fraction of sp³-hybridized carbons (Fsp3) is 0.875. The van der Waals surface area contributed by atoms with Crippen molar-refractivity contribution in [1.82, 2.24) is 14.7 Å². The summed E-state index contributed by atoms with van der Waals surface area (Å²) >= 11 is 5.62. The van der Waals surface area contributed by atoms with E-state index in [4.69, 9.17) is 16.3 Å². The number of piperazine rings is 1. The van der Waals surface area contributed by atoms with Gasteiger partial charge in [-0.2, -0.15) is 0 Å². The van der Waals surface area contributed by atoms with Gasteiger partial charge >= 0.3 is 0 Å². The van der Waals surface area contributed by atoms with Crippen LogP contribution in [0.3, 0.4) is 0 Å². The van der Waals surface area contributed by atoms with E-state index in [2.05, 4.69) is 9.80 Å². The smallest absolute Gasteiger partial charge is 0.240 e. The van der Waals surface area contributed by atoms with E-state index in [9.17, 15) is 9.59 Å². The van der Waals surface area contributed by atoms with Crippen LogP contribution in [0.25, 0.3) is 0 Å². The van der Waals surface area contributed by atoms with Gasteiger partial charge in [-0.1, -0.05) is 0 Å². The normalized spacial score (nSPS) is 28.2. The summed E-state index contributed by atoms with van der Waals surface area (Å²) in [5, 5.41) is 0. The maximum absolute atomic E-state index is 12.9. The van der Waals surface area contributed by atoms with Gasteiger partial charge in [-0.3, -0.25) is 14.5 Å². The lowest BCUT2D eigenvalue weighted by molar-refractivity contribution is -0.146. The number of ether oxygens (including phenoxy) is 1. The first-order chi connectivity index (χ1) is 11.2. The van der Waals surface area contributed by atoms with Gasteiger partial charge in [0, 0.05) is 52.0 Å². The highest BCUT2D eigenvalue weighted by atomic mass is 35.5. The van der Waals surface area contributed by atoms with Crippen molar-refractivity contribution in [2.24, 2.45) is 0 Å². The largest absolute Gasteiger partial charge is 0.381 e. The van der Waals surface area contributed by atoms with Crippen LogP contribution in [0.15, 0.2) is 0 Å². The molecule has 3 fully saturated rings. The predicted molar refractivity (Wildman–Crippen MR) is 87.4 cm³/mol. The summed E-state index contributed by atoms with van der Waals surface area (Å²) in [6.07, 6.45) is 3.91. The van der Waals surface area contributed by atoms with Crippen molar-refractivity contribution in [2.75, 3.05) is 51.8 Å². The number of nitrogens with zero attached hydrogens (tertiary/aromatic N) is 3. The summed E-state index contributed by atoms with van der Waals surface area (Å²) in [6.45, 7) is 5.28. The van der Waals surface area contributed by atoms with Crippen LogP contribution in [-0.4, -0.2) is 90.4 Å². The molecule has 3 saturated heterocycles. The van der Waals surface area contributed by atoms with Gasteiger partial charge in [0.05, 0.1) is 6.04 Å². The molecule has 3 heterocycles. The zero-order valence-electron chi connectivity index (χ0n) is 13.6. The molecule has 0 bridgehead atoms.